The second-order valence-corrected chi connectivity index (χ2v) is 10.1. The number of hydrogen-bond donors (Lipinski definition) is 1. The maximum Gasteiger partial charge on any atom is 0.408 e. The lowest BCUT2D eigenvalue weighted by molar-refractivity contribution is -0.943. The number of hydrogen-bond acceptors (Lipinski definition) is 2. The number of piperidine rings is 3. The fraction of sp³-hybridized carbons (Fsp3) is 0.345. The SMILES string of the molecule is O=C(NC1C[N+]2(CCc3ccc(F)cc3)CCC1CC2)OC(c1cccc(F)c1)c1cccc(F)c1. The molecular weight excluding hydrogens is 465 g/mol. The highest BCUT2D eigenvalue weighted by molar-refractivity contribution is 5.68. The molecule has 7 heteroatoms. The third-order valence-electron chi connectivity index (χ3n) is 7.72. The maximum absolute atomic E-state index is 13.9. The van der Waals surface area contributed by atoms with Crippen molar-refractivity contribution in [3.05, 3.63) is 107 Å². The van der Waals surface area contributed by atoms with E-state index < -0.39 is 23.8 Å². The molecule has 1 unspecified atom stereocenters. The fourth-order valence-corrected chi connectivity index (χ4v) is 5.74. The van der Waals surface area contributed by atoms with Gasteiger partial charge in [0.25, 0.3) is 0 Å². The van der Waals surface area contributed by atoms with E-state index in [0.29, 0.717) is 17.0 Å². The van der Waals surface area contributed by atoms with Gasteiger partial charge in [0.05, 0.1) is 32.2 Å². The van der Waals surface area contributed by atoms with Crippen LogP contribution in [0.1, 0.15) is 35.6 Å². The van der Waals surface area contributed by atoms with Crippen molar-refractivity contribution in [3.63, 3.8) is 0 Å². The summed E-state index contributed by atoms with van der Waals surface area (Å²) in [4.78, 5) is 13.1. The van der Waals surface area contributed by atoms with Crippen LogP contribution in [-0.4, -0.2) is 42.8 Å². The highest BCUT2D eigenvalue weighted by atomic mass is 19.1. The molecule has 3 saturated heterocycles. The standard InChI is InChI=1S/C29H29F3N2O2/c30-24-9-7-20(8-10-24)11-14-34-15-12-21(13-16-34)27(19-34)33-29(35)36-28(22-3-1-5-25(31)17-22)23-4-2-6-26(32)18-23/h1-10,17-18,21,27-28H,11-16,19H2/p+1. The minimum absolute atomic E-state index is 0.0334. The highest BCUT2D eigenvalue weighted by Crippen LogP contribution is 2.35. The van der Waals surface area contributed by atoms with Gasteiger partial charge in [-0.05, 0) is 59.0 Å². The summed E-state index contributed by atoms with van der Waals surface area (Å²) < 4.78 is 47.8. The zero-order valence-electron chi connectivity index (χ0n) is 20.0. The molecule has 2 bridgehead atoms. The monoisotopic (exact) mass is 495 g/mol. The molecule has 4 nitrogen and oxygen atoms in total. The zero-order valence-corrected chi connectivity index (χ0v) is 20.0. The Hall–Kier alpha value is -3.32. The lowest BCUT2D eigenvalue weighted by Crippen LogP contribution is -2.67. The van der Waals surface area contributed by atoms with Crippen molar-refractivity contribution in [3.8, 4) is 0 Å². The average molecular weight is 496 g/mol. The highest BCUT2D eigenvalue weighted by Gasteiger charge is 2.46. The van der Waals surface area contributed by atoms with Gasteiger partial charge < -0.3 is 14.5 Å². The third-order valence-corrected chi connectivity index (χ3v) is 7.72. The van der Waals surface area contributed by atoms with E-state index in [9.17, 15) is 18.0 Å². The molecule has 0 saturated carbocycles. The first kappa shape index (κ1) is 24.4. The Morgan fingerprint density at radius 1 is 0.889 bits per heavy atom. The number of nitrogens with zero attached hydrogens (tertiary/aromatic N) is 1. The molecule has 188 valence electrons. The number of fused-ring (bicyclic) bond motifs is 3. The summed E-state index contributed by atoms with van der Waals surface area (Å²) in [6.07, 6.45) is 1.36. The normalized spacial score (nSPS) is 23.0. The van der Waals surface area contributed by atoms with Crippen molar-refractivity contribution >= 4 is 6.09 Å². The molecule has 0 spiro atoms. The minimum atomic E-state index is -0.931. The first-order chi connectivity index (χ1) is 17.4. The summed E-state index contributed by atoms with van der Waals surface area (Å²) in [5.41, 5.74) is 1.98. The summed E-state index contributed by atoms with van der Waals surface area (Å²) in [6, 6.07) is 18.2. The van der Waals surface area contributed by atoms with Gasteiger partial charge in [-0.15, -0.1) is 0 Å². The Kier molecular flexibility index (Phi) is 7.01. The Morgan fingerprint density at radius 2 is 1.50 bits per heavy atom. The summed E-state index contributed by atoms with van der Waals surface area (Å²) >= 11 is 0. The number of alkyl carbamates (subject to hydrolysis) is 1. The van der Waals surface area contributed by atoms with Crippen LogP contribution in [0.5, 0.6) is 0 Å². The molecular formula is C29H30F3N2O2+. The molecule has 6 rings (SSSR count). The number of nitrogens with one attached hydrogen (secondary N) is 1. The molecule has 3 heterocycles. The Bertz CT molecular complexity index is 1160. The van der Waals surface area contributed by atoms with Gasteiger partial charge in [0.2, 0.25) is 0 Å². The Morgan fingerprint density at radius 3 is 2.08 bits per heavy atom. The molecule has 3 aliphatic rings. The second kappa shape index (κ2) is 10.3. The third kappa shape index (κ3) is 5.57. The Labute approximate surface area is 209 Å². The topological polar surface area (TPSA) is 38.3 Å². The van der Waals surface area contributed by atoms with Crippen LogP contribution in [-0.2, 0) is 11.2 Å². The number of carbonyl (C=O) groups excluding carboxylic acids is 1. The molecule has 0 aliphatic carbocycles. The lowest BCUT2D eigenvalue weighted by Gasteiger charge is -2.52. The maximum atomic E-state index is 13.9. The fourth-order valence-electron chi connectivity index (χ4n) is 5.74. The van der Waals surface area contributed by atoms with Gasteiger partial charge >= 0.3 is 6.09 Å². The van der Waals surface area contributed by atoms with Crippen LogP contribution < -0.4 is 5.32 Å². The van der Waals surface area contributed by atoms with E-state index in [2.05, 4.69) is 5.32 Å². The molecule has 3 aromatic rings. The van der Waals surface area contributed by atoms with Gasteiger partial charge in [0, 0.05) is 19.3 Å². The summed E-state index contributed by atoms with van der Waals surface area (Å²) in [6.45, 7) is 3.87. The van der Waals surface area contributed by atoms with Crippen LogP contribution in [0.25, 0.3) is 0 Å². The van der Waals surface area contributed by atoms with Crippen molar-refractivity contribution < 1.29 is 27.2 Å². The molecule has 3 aromatic carbocycles. The minimum Gasteiger partial charge on any atom is -0.436 e. The zero-order chi connectivity index (χ0) is 25.1. The quantitative estimate of drug-likeness (QED) is 0.423. The van der Waals surface area contributed by atoms with Gasteiger partial charge in [-0.25, -0.2) is 18.0 Å². The summed E-state index contributed by atoms with van der Waals surface area (Å²) in [5.74, 6) is -0.766. The van der Waals surface area contributed by atoms with Crippen LogP contribution >= 0.6 is 0 Å². The molecule has 3 aliphatic heterocycles. The van der Waals surface area contributed by atoms with Gasteiger partial charge in [-0.2, -0.15) is 0 Å². The number of quaternary nitrogens is 1. The van der Waals surface area contributed by atoms with Crippen molar-refractivity contribution in [2.75, 3.05) is 26.2 Å². The largest absolute Gasteiger partial charge is 0.436 e. The molecule has 1 amide bonds. The Balaban J connectivity index is 1.27. The van der Waals surface area contributed by atoms with Crippen molar-refractivity contribution in [2.45, 2.75) is 31.4 Å². The van der Waals surface area contributed by atoms with Crippen LogP contribution in [0, 0.1) is 23.4 Å². The van der Waals surface area contributed by atoms with E-state index in [4.69, 9.17) is 4.74 Å². The van der Waals surface area contributed by atoms with E-state index >= 15 is 0 Å². The predicted octanol–water partition coefficient (Wildman–Crippen LogP) is 5.77. The van der Waals surface area contributed by atoms with Gasteiger partial charge in [0.1, 0.15) is 17.5 Å². The van der Waals surface area contributed by atoms with E-state index in [0.717, 1.165) is 55.5 Å². The number of halogens is 3. The summed E-state index contributed by atoms with van der Waals surface area (Å²) in [7, 11) is 0. The van der Waals surface area contributed by atoms with Crippen LogP contribution in [0.15, 0.2) is 72.8 Å². The first-order valence-electron chi connectivity index (χ1n) is 12.5. The number of amides is 1. The van der Waals surface area contributed by atoms with Crippen molar-refractivity contribution in [1.29, 1.82) is 0 Å². The molecule has 1 N–H and O–H groups in total. The molecule has 3 fully saturated rings. The average Bonchev–Trinajstić information content (AvgIpc) is 2.88. The van der Waals surface area contributed by atoms with Crippen LogP contribution in [0.2, 0.25) is 0 Å². The molecule has 1 atom stereocenters. The summed E-state index contributed by atoms with van der Waals surface area (Å²) in [5, 5.41) is 3.07. The van der Waals surface area contributed by atoms with E-state index in [1.807, 2.05) is 12.1 Å². The molecule has 0 aromatic heterocycles. The number of carbonyl (C=O) groups is 1. The van der Waals surface area contributed by atoms with Gasteiger partial charge in [-0.1, -0.05) is 36.4 Å². The van der Waals surface area contributed by atoms with Crippen LogP contribution in [0.4, 0.5) is 18.0 Å². The van der Waals surface area contributed by atoms with E-state index in [1.54, 1.807) is 24.3 Å². The van der Waals surface area contributed by atoms with Gasteiger partial charge in [0.15, 0.2) is 6.10 Å². The smallest absolute Gasteiger partial charge is 0.408 e. The number of rotatable bonds is 7. The van der Waals surface area contributed by atoms with E-state index in [-0.39, 0.29) is 11.9 Å². The van der Waals surface area contributed by atoms with Crippen LogP contribution in [0.3, 0.4) is 0 Å². The number of ether oxygens (including phenoxy) is 1. The number of benzene rings is 3. The van der Waals surface area contributed by atoms with E-state index in [1.165, 1.54) is 36.4 Å². The second-order valence-electron chi connectivity index (χ2n) is 10.1. The first-order valence-corrected chi connectivity index (χ1v) is 12.5. The predicted molar refractivity (Wildman–Crippen MR) is 131 cm³/mol. The van der Waals surface area contributed by atoms with Crippen molar-refractivity contribution in [2.24, 2.45) is 5.92 Å². The molecule has 36 heavy (non-hydrogen) atoms. The van der Waals surface area contributed by atoms with Crippen molar-refractivity contribution in [1.82, 2.24) is 5.32 Å². The lowest BCUT2D eigenvalue weighted by atomic mass is 9.81. The van der Waals surface area contributed by atoms with Gasteiger partial charge in [-0.3, -0.25) is 0 Å². The molecule has 0 radical (unpaired) electrons.